The molecule has 0 fully saturated rings. The predicted molar refractivity (Wildman–Crippen MR) is 103 cm³/mol. The third-order valence-electron chi connectivity index (χ3n) is 4.12. The number of pyridine rings is 1. The van der Waals surface area contributed by atoms with Crippen molar-refractivity contribution >= 4 is 23.2 Å². The lowest BCUT2D eigenvalue weighted by Crippen LogP contribution is -2.28. The Morgan fingerprint density at radius 2 is 1.92 bits per heavy atom. The number of H-pyrrole nitrogens is 1. The number of carbonyl (C=O) groups is 1. The molecule has 0 aliphatic carbocycles. The van der Waals surface area contributed by atoms with Crippen LogP contribution >= 0.6 is 11.6 Å². The molecule has 134 valence electrons. The summed E-state index contributed by atoms with van der Waals surface area (Å²) in [4.78, 5) is 28.0. The van der Waals surface area contributed by atoms with Gasteiger partial charge in [0.15, 0.2) is 5.43 Å². The Bertz CT molecular complexity index is 843. The van der Waals surface area contributed by atoms with Crippen LogP contribution in [0, 0.1) is 13.8 Å². The summed E-state index contributed by atoms with van der Waals surface area (Å²) < 4.78 is 0. The molecule has 5 nitrogen and oxygen atoms in total. The van der Waals surface area contributed by atoms with Crippen molar-refractivity contribution in [1.82, 2.24) is 10.3 Å². The van der Waals surface area contributed by atoms with Gasteiger partial charge in [-0.05, 0) is 44.9 Å². The maximum atomic E-state index is 12.6. The van der Waals surface area contributed by atoms with Crippen molar-refractivity contribution < 1.29 is 4.79 Å². The zero-order valence-electron chi connectivity index (χ0n) is 15.0. The van der Waals surface area contributed by atoms with Gasteiger partial charge in [-0.1, -0.05) is 18.5 Å². The average molecular weight is 362 g/mol. The number of anilines is 1. The SMILES string of the molecule is CCNc1cc(Cl)cc(C(=O)NCc2c(CC)[nH]c(C)cc2=O)c1C. The lowest BCUT2D eigenvalue weighted by molar-refractivity contribution is 0.0950. The first-order valence-corrected chi connectivity index (χ1v) is 8.79. The van der Waals surface area contributed by atoms with Crippen LogP contribution in [-0.4, -0.2) is 17.4 Å². The van der Waals surface area contributed by atoms with Crippen LogP contribution < -0.4 is 16.1 Å². The lowest BCUT2D eigenvalue weighted by Gasteiger charge is -2.14. The summed E-state index contributed by atoms with van der Waals surface area (Å²) >= 11 is 6.13. The molecule has 1 aromatic heterocycles. The van der Waals surface area contributed by atoms with E-state index >= 15 is 0 Å². The van der Waals surface area contributed by atoms with Crippen molar-refractivity contribution in [3.63, 3.8) is 0 Å². The van der Waals surface area contributed by atoms with Gasteiger partial charge in [0, 0.05) is 52.4 Å². The van der Waals surface area contributed by atoms with E-state index in [1.54, 1.807) is 18.2 Å². The van der Waals surface area contributed by atoms with Crippen LogP contribution in [0.15, 0.2) is 23.0 Å². The lowest BCUT2D eigenvalue weighted by atomic mass is 10.1. The van der Waals surface area contributed by atoms with Crippen LogP contribution in [0.1, 0.15) is 46.7 Å². The molecule has 0 aliphatic heterocycles. The second-order valence-corrected chi connectivity index (χ2v) is 6.40. The molecule has 0 bridgehead atoms. The summed E-state index contributed by atoms with van der Waals surface area (Å²) in [6.07, 6.45) is 0.697. The molecule has 25 heavy (non-hydrogen) atoms. The van der Waals surface area contributed by atoms with Crippen molar-refractivity contribution in [2.75, 3.05) is 11.9 Å². The first-order chi connectivity index (χ1) is 11.9. The molecule has 0 unspecified atom stereocenters. The zero-order chi connectivity index (χ0) is 18.6. The molecule has 3 N–H and O–H groups in total. The quantitative estimate of drug-likeness (QED) is 0.736. The highest BCUT2D eigenvalue weighted by atomic mass is 35.5. The van der Waals surface area contributed by atoms with Gasteiger partial charge in [0.05, 0.1) is 0 Å². The van der Waals surface area contributed by atoms with Crippen LogP contribution in [0.2, 0.25) is 5.02 Å². The van der Waals surface area contributed by atoms with Crippen molar-refractivity contribution in [2.24, 2.45) is 0 Å². The first kappa shape index (κ1) is 19.1. The molecular formula is C19H24ClN3O2. The van der Waals surface area contributed by atoms with E-state index in [2.05, 4.69) is 15.6 Å². The fourth-order valence-corrected chi connectivity index (χ4v) is 3.05. The summed E-state index contributed by atoms with van der Waals surface area (Å²) in [5.41, 5.74) is 4.36. The van der Waals surface area contributed by atoms with Crippen molar-refractivity contribution in [1.29, 1.82) is 0 Å². The standard InChI is InChI=1S/C19H24ClN3O2/c1-5-16-15(18(24)7-11(3)23-16)10-22-19(25)14-8-13(20)9-17(12(14)4)21-6-2/h7-9,21H,5-6,10H2,1-4H3,(H,22,25)(H,23,24). The first-order valence-electron chi connectivity index (χ1n) is 8.41. The van der Waals surface area contributed by atoms with Crippen LogP contribution in [0.25, 0.3) is 0 Å². The summed E-state index contributed by atoms with van der Waals surface area (Å²) in [6.45, 7) is 8.59. The minimum absolute atomic E-state index is 0.0652. The summed E-state index contributed by atoms with van der Waals surface area (Å²) in [5, 5.41) is 6.54. The third-order valence-corrected chi connectivity index (χ3v) is 4.34. The van der Waals surface area contributed by atoms with Crippen LogP contribution in [0.3, 0.4) is 0 Å². The highest BCUT2D eigenvalue weighted by molar-refractivity contribution is 6.31. The van der Waals surface area contributed by atoms with Gasteiger partial charge in [-0.25, -0.2) is 0 Å². The highest BCUT2D eigenvalue weighted by Crippen LogP contribution is 2.25. The van der Waals surface area contributed by atoms with E-state index in [0.29, 0.717) is 22.6 Å². The van der Waals surface area contributed by atoms with Crippen LogP contribution in [0.5, 0.6) is 0 Å². The zero-order valence-corrected chi connectivity index (χ0v) is 15.8. The Morgan fingerprint density at radius 1 is 1.20 bits per heavy atom. The van der Waals surface area contributed by atoms with Gasteiger partial charge in [0.1, 0.15) is 0 Å². The number of aromatic amines is 1. The van der Waals surface area contributed by atoms with Crippen molar-refractivity contribution in [3.05, 3.63) is 61.5 Å². The maximum absolute atomic E-state index is 12.6. The number of hydrogen-bond acceptors (Lipinski definition) is 3. The van der Waals surface area contributed by atoms with E-state index in [1.165, 1.54) is 0 Å². The topological polar surface area (TPSA) is 74.0 Å². The molecule has 1 amide bonds. The van der Waals surface area contributed by atoms with E-state index in [1.807, 2.05) is 27.7 Å². The van der Waals surface area contributed by atoms with Gasteiger partial charge >= 0.3 is 0 Å². The van der Waals surface area contributed by atoms with Crippen molar-refractivity contribution in [2.45, 2.75) is 40.7 Å². The average Bonchev–Trinajstić information content (AvgIpc) is 2.56. The smallest absolute Gasteiger partial charge is 0.251 e. The Morgan fingerprint density at radius 3 is 2.56 bits per heavy atom. The van der Waals surface area contributed by atoms with E-state index < -0.39 is 0 Å². The van der Waals surface area contributed by atoms with Gasteiger partial charge < -0.3 is 15.6 Å². The van der Waals surface area contributed by atoms with Gasteiger partial charge in [0.2, 0.25) is 0 Å². The van der Waals surface area contributed by atoms with Gasteiger partial charge in [-0.15, -0.1) is 0 Å². The number of aromatic nitrogens is 1. The van der Waals surface area contributed by atoms with Gasteiger partial charge in [-0.2, -0.15) is 0 Å². The molecule has 1 heterocycles. The highest BCUT2D eigenvalue weighted by Gasteiger charge is 2.15. The van der Waals surface area contributed by atoms with E-state index in [4.69, 9.17) is 11.6 Å². The largest absolute Gasteiger partial charge is 0.385 e. The fourth-order valence-electron chi connectivity index (χ4n) is 2.83. The van der Waals surface area contributed by atoms with Crippen LogP contribution in [0.4, 0.5) is 5.69 Å². The number of benzene rings is 1. The molecular weight excluding hydrogens is 338 g/mol. The van der Waals surface area contributed by atoms with Gasteiger partial charge in [-0.3, -0.25) is 9.59 Å². The molecule has 2 aromatic rings. The molecule has 1 aromatic carbocycles. The van der Waals surface area contributed by atoms with E-state index in [0.717, 1.165) is 29.2 Å². The molecule has 0 radical (unpaired) electrons. The van der Waals surface area contributed by atoms with Crippen molar-refractivity contribution in [3.8, 4) is 0 Å². The normalized spacial score (nSPS) is 10.6. The Balaban J connectivity index is 2.26. The Labute approximate surface area is 152 Å². The summed E-state index contributed by atoms with van der Waals surface area (Å²) in [5.74, 6) is -0.249. The minimum atomic E-state index is -0.249. The van der Waals surface area contributed by atoms with E-state index in [9.17, 15) is 9.59 Å². The minimum Gasteiger partial charge on any atom is -0.385 e. The second-order valence-electron chi connectivity index (χ2n) is 5.97. The monoisotopic (exact) mass is 361 g/mol. The number of amides is 1. The number of rotatable bonds is 6. The molecule has 0 atom stereocenters. The second kappa shape index (κ2) is 8.21. The molecule has 6 heteroatoms. The van der Waals surface area contributed by atoms with E-state index in [-0.39, 0.29) is 17.9 Å². The number of aryl methyl sites for hydroxylation is 2. The molecule has 0 saturated carbocycles. The molecule has 0 saturated heterocycles. The Hall–Kier alpha value is -2.27. The van der Waals surface area contributed by atoms with Gasteiger partial charge in [0.25, 0.3) is 5.91 Å². The predicted octanol–water partition coefficient (Wildman–Crippen LogP) is 3.57. The molecule has 2 rings (SSSR count). The number of halogens is 1. The summed E-state index contributed by atoms with van der Waals surface area (Å²) in [6, 6.07) is 5.00. The number of nitrogens with one attached hydrogen (secondary N) is 3. The third kappa shape index (κ3) is 4.42. The Kier molecular flexibility index (Phi) is 6.26. The number of carbonyl (C=O) groups excluding carboxylic acids is 1. The molecule has 0 spiro atoms. The van der Waals surface area contributed by atoms with Crippen LogP contribution in [-0.2, 0) is 13.0 Å². The summed E-state index contributed by atoms with van der Waals surface area (Å²) in [7, 11) is 0. The maximum Gasteiger partial charge on any atom is 0.251 e. The number of hydrogen-bond donors (Lipinski definition) is 3. The fraction of sp³-hybridized carbons (Fsp3) is 0.368. The molecule has 0 aliphatic rings.